The molecule has 6 nitrogen and oxygen atoms in total. The Morgan fingerprint density at radius 2 is 1.83 bits per heavy atom. The maximum absolute atomic E-state index is 13.2. The van der Waals surface area contributed by atoms with Crippen molar-refractivity contribution < 1.29 is 14.0 Å². The molecule has 0 spiro atoms. The van der Waals surface area contributed by atoms with Gasteiger partial charge in [0.25, 0.3) is 5.91 Å². The lowest BCUT2D eigenvalue weighted by Crippen LogP contribution is -2.49. The average Bonchev–Trinajstić information content (AvgIpc) is 3.19. The van der Waals surface area contributed by atoms with E-state index in [0.717, 1.165) is 33.6 Å². The number of rotatable bonds is 5. The second-order valence-corrected chi connectivity index (χ2v) is 9.89. The van der Waals surface area contributed by atoms with Crippen LogP contribution in [0.25, 0.3) is 22.4 Å². The van der Waals surface area contributed by atoms with Crippen LogP contribution in [0.1, 0.15) is 41.0 Å². The predicted octanol–water partition coefficient (Wildman–Crippen LogP) is 5.44. The zero-order valence-corrected chi connectivity index (χ0v) is 20.4. The van der Waals surface area contributed by atoms with Gasteiger partial charge in [-0.15, -0.1) is 0 Å². The minimum atomic E-state index is -0.367. The van der Waals surface area contributed by atoms with E-state index in [4.69, 9.17) is 0 Å². The van der Waals surface area contributed by atoms with E-state index in [2.05, 4.69) is 26.7 Å². The summed E-state index contributed by atoms with van der Waals surface area (Å²) in [6.45, 7) is 6.02. The molecule has 0 fully saturated rings. The van der Waals surface area contributed by atoms with Crippen LogP contribution < -0.4 is 10.6 Å². The highest BCUT2D eigenvalue weighted by Gasteiger charge is 2.35. The van der Waals surface area contributed by atoms with Crippen molar-refractivity contribution in [2.24, 2.45) is 0 Å². The highest BCUT2D eigenvalue weighted by Crippen LogP contribution is 2.40. The van der Waals surface area contributed by atoms with Crippen LogP contribution in [0.5, 0.6) is 0 Å². The van der Waals surface area contributed by atoms with Crippen molar-refractivity contribution >= 4 is 17.6 Å². The number of aromatic nitrogens is 2. The van der Waals surface area contributed by atoms with E-state index in [-0.39, 0.29) is 29.6 Å². The number of hydrogen-bond acceptors (Lipinski definition) is 3. The number of benzene rings is 2. The number of amides is 2. The summed E-state index contributed by atoms with van der Waals surface area (Å²) in [5.74, 6) is -0.310. The van der Waals surface area contributed by atoms with Gasteiger partial charge in [-0.2, -0.15) is 0 Å². The molecule has 0 atom stereocenters. The van der Waals surface area contributed by atoms with Gasteiger partial charge in [-0.1, -0.05) is 42.0 Å². The van der Waals surface area contributed by atoms with Crippen molar-refractivity contribution in [2.75, 3.05) is 5.32 Å². The fourth-order valence-corrected chi connectivity index (χ4v) is 4.73. The molecule has 2 aromatic heterocycles. The summed E-state index contributed by atoms with van der Waals surface area (Å²) in [5.41, 5.74) is 6.34. The summed E-state index contributed by atoms with van der Waals surface area (Å²) in [4.78, 5) is 33.6. The second kappa shape index (κ2) is 9.07. The summed E-state index contributed by atoms with van der Waals surface area (Å²) < 4.78 is 13.2. The monoisotopic (exact) mass is 482 g/mol. The Morgan fingerprint density at radius 1 is 1.06 bits per heavy atom. The van der Waals surface area contributed by atoms with Crippen LogP contribution in [0.2, 0.25) is 0 Å². The maximum atomic E-state index is 13.2. The fourth-order valence-electron chi connectivity index (χ4n) is 4.73. The standard InChI is InChI=1S/C29H27FN4O2/c1-17-5-4-6-19(13-17)25-26-22(16-29(2,3)34-28(26)36)32-27(25)20-11-12-31-23(15-20)33-24(35)14-18-7-9-21(30)10-8-18/h4-13,15,32H,14,16H2,1-3H3,(H,34,36)(H,31,33,35). The minimum absolute atomic E-state index is 0.104. The maximum Gasteiger partial charge on any atom is 0.254 e. The Labute approximate surface area is 209 Å². The number of carbonyl (C=O) groups is 2. The summed E-state index contributed by atoms with van der Waals surface area (Å²) >= 11 is 0. The van der Waals surface area contributed by atoms with Crippen LogP contribution in [-0.4, -0.2) is 27.3 Å². The summed E-state index contributed by atoms with van der Waals surface area (Å²) in [6, 6.07) is 17.5. The average molecular weight is 483 g/mol. The quantitative estimate of drug-likeness (QED) is 0.354. The molecule has 5 rings (SSSR count). The number of H-pyrrole nitrogens is 1. The van der Waals surface area contributed by atoms with Crippen molar-refractivity contribution in [3.05, 3.63) is 95.1 Å². The van der Waals surface area contributed by atoms with Gasteiger partial charge in [-0.3, -0.25) is 9.59 Å². The van der Waals surface area contributed by atoms with Crippen molar-refractivity contribution in [1.29, 1.82) is 0 Å². The molecule has 0 saturated heterocycles. The number of aryl methyl sites for hydroxylation is 1. The smallest absolute Gasteiger partial charge is 0.254 e. The fraction of sp³-hybridized carbons (Fsp3) is 0.207. The summed E-state index contributed by atoms with van der Waals surface area (Å²) in [7, 11) is 0. The third kappa shape index (κ3) is 4.77. The van der Waals surface area contributed by atoms with E-state index in [1.54, 1.807) is 24.4 Å². The topological polar surface area (TPSA) is 86.9 Å². The van der Waals surface area contributed by atoms with Gasteiger partial charge < -0.3 is 15.6 Å². The van der Waals surface area contributed by atoms with Crippen LogP contribution in [0.3, 0.4) is 0 Å². The molecule has 0 bridgehead atoms. The first-order valence-electron chi connectivity index (χ1n) is 11.8. The third-order valence-electron chi connectivity index (χ3n) is 6.28. The summed E-state index contributed by atoms with van der Waals surface area (Å²) in [6.07, 6.45) is 2.40. The lowest BCUT2D eigenvalue weighted by molar-refractivity contribution is -0.115. The first-order chi connectivity index (χ1) is 17.2. The number of pyridine rings is 1. The largest absolute Gasteiger partial charge is 0.357 e. The van der Waals surface area contributed by atoms with Gasteiger partial charge in [0.05, 0.1) is 17.7 Å². The van der Waals surface area contributed by atoms with E-state index in [1.807, 2.05) is 45.0 Å². The van der Waals surface area contributed by atoms with Crippen molar-refractivity contribution in [3.63, 3.8) is 0 Å². The molecule has 0 radical (unpaired) electrons. The molecule has 0 saturated carbocycles. The number of nitrogens with zero attached hydrogens (tertiary/aromatic N) is 1. The van der Waals surface area contributed by atoms with Crippen molar-refractivity contribution in [1.82, 2.24) is 15.3 Å². The van der Waals surface area contributed by atoms with Crippen molar-refractivity contribution in [2.45, 2.75) is 39.2 Å². The zero-order chi connectivity index (χ0) is 25.4. The highest BCUT2D eigenvalue weighted by atomic mass is 19.1. The number of carbonyl (C=O) groups excluding carboxylic acids is 2. The molecule has 0 unspecified atom stereocenters. The van der Waals surface area contributed by atoms with Gasteiger partial charge in [0.15, 0.2) is 0 Å². The predicted molar refractivity (Wildman–Crippen MR) is 138 cm³/mol. The molecule has 3 N–H and O–H groups in total. The van der Waals surface area contributed by atoms with Gasteiger partial charge in [0.1, 0.15) is 11.6 Å². The van der Waals surface area contributed by atoms with E-state index >= 15 is 0 Å². The molecule has 1 aliphatic rings. The number of fused-ring (bicyclic) bond motifs is 1. The molecule has 3 heterocycles. The van der Waals surface area contributed by atoms with Gasteiger partial charge >= 0.3 is 0 Å². The lowest BCUT2D eigenvalue weighted by atomic mass is 9.88. The number of anilines is 1. The minimum Gasteiger partial charge on any atom is -0.357 e. The number of nitrogens with one attached hydrogen (secondary N) is 3. The second-order valence-electron chi connectivity index (χ2n) is 9.89. The van der Waals surface area contributed by atoms with Gasteiger partial charge in [0, 0.05) is 35.0 Å². The lowest BCUT2D eigenvalue weighted by Gasteiger charge is -2.31. The van der Waals surface area contributed by atoms with Crippen LogP contribution in [0, 0.1) is 12.7 Å². The van der Waals surface area contributed by atoms with E-state index < -0.39 is 0 Å². The Balaban J connectivity index is 1.52. The van der Waals surface area contributed by atoms with Crippen LogP contribution in [-0.2, 0) is 17.6 Å². The van der Waals surface area contributed by atoms with Gasteiger partial charge in [-0.25, -0.2) is 9.37 Å². The zero-order valence-electron chi connectivity index (χ0n) is 20.4. The Bertz CT molecular complexity index is 1470. The van der Waals surface area contributed by atoms with E-state index in [0.29, 0.717) is 23.4 Å². The van der Waals surface area contributed by atoms with Crippen LogP contribution >= 0.6 is 0 Å². The first kappa shape index (κ1) is 23.5. The molecule has 36 heavy (non-hydrogen) atoms. The molecule has 2 amide bonds. The molecule has 4 aromatic rings. The molecular weight excluding hydrogens is 455 g/mol. The van der Waals surface area contributed by atoms with Crippen LogP contribution in [0.4, 0.5) is 10.2 Å². The first-order valence-corrected chi connectivity index (χ1v) is 11.8. The van der Waals surface area contributed by atoms with Gasteiger partial charge in [0.2, 0.25) is 5.91 Å². The molecule has 182 valence electrons. The number of halogens is 1. The van der Waals surface area contributed by atoms with E-state index in [1.165, 1.54) is 12.1 Å². The molecule has 1 aliphatic heterocycles. The van der Waals surface area contributed by atoms with Crippen molar-refractivity contribution in [3.8, 4) is 22.4 Å². The molecule has 2 aromatic carbocycles. The molecular formula is C29H27FN4O2. The number of aromatic amines is 1. The number of hydrogen-bond donors (Lipinski definition) is 3. The summed E-state index contributed by atoms with van der Waals surface area (Å²) in [5, 5.41) is 5.94. The van der Waals surface area contributed by atoms with Gasteiger partial charge in [-0.05, 0) is 56.2 Å². The third-order valence-corrected chi connectivity index (χ3v) is 6.28. The molecule has 0 aliphatic carbocycles. The Kier molecular flexibility index (Phi) is 5.92. The Morgan fingerprint density at radius 3 is 2.58 bits per heavy atom. The van der Waals surface area contributed by atoms with E-state index in [9.17, 15) is 14.0 Å². The normalized spacial score (nSPS) is 14.2. The Hall–Kier alpha value is -4.26. The molecule has 7 heteroatoms. The highest BCUT2D eigenvalue weighted by molar-refractivity contribution is 6.07. The van der Waals surface area contributed by atoms with Crippen LogP contribution in [0.15, 0.2) is 66.9 Å². The SMILES string of the molecule is Cc1cccc(-c2c(-c3ccnc(NC(=O)Cc4ccc(F)cc4)c3)[nH]c3c2C(=O)NC(C)(C)C3)c1.